The van der Waals surface area contributed by atoms with Crippen LogP contribution in [0.2, 0.25) is 0 Å². The summed E-state index contributed by atoms with van der Waals surface area (Å²) in [6, 6.07) is 15.8. The Balaban J connectivity index is 1.97. The molecule has 1 N–H and O–H groups in total. The molecular formula is C13H10Br2N2. The number of hydrazone groups is 1. The van der Waals surface area contributed by atoms with E-state index in [1.807, 2.05) is 48.5 Å². The molecule has 2 rings (SSSR count). The number of rotatable bonds is 3. The minimum Gasteiger partial charge on any atom is -0.279 e. The fourth-order valence-electron chi connectivity index (χ4n) is 1.25. The molecule has 0 saturated heterocycles. The SMILES string of the molecule is Brc1ccc(/C=N/Nc2ccc(Br)cc2)cc1. The minimum absolute atomic E-state index is 0.960. The lowest BCUT2D eigenvalue weighted by Gasteiger charge is -1.99. The first-order valence-electron chi connectivity index (χ1n) is 5.04. The van der Waals surface area contributed by atoms with Gasteiger partial charge >= 0.3 is 0 Å². The first-order valence-corrected chi connectivity index (χ1v) is 6.63. The summed E-state index contributed by atoms with van der Waals surface area (Å²) in [5.41, 5.74) is 4.99. The maximum Gasteiger partial charge on any atom is 0.0562 e. The molecule has 0 radical (unpaired) electrons. The van der Waals surface area contributed by atoms with Gasteiger partial charge in [-0.2, -0.15) is 5.10 Å². The van der Waals surface area contributed by atoms with Crippen LogP contribution in [-0.4, -0.2) is 6.21 Å². The van der Waals surface area contributed by atoms with Crippen molar-refractivity contribution in [2.24, 2.45) is 5.10 Å². The van der Waals surface area contributed by atoms with Gasteiger partial charge in [0.25, 0.3) is 0 Å². The van der Waals surface area contributed by atoms with Gasteiger partial charge in [0, 0.05) is 8.95 Å². The van der Waals surface area contributed by atoms with Crippen molar-refractivity contribution in [2.75, 3.05) is 5.43 Å². The van der Waals surface area contributed by atoms with E-state index in [2.05, 4.69) is 42.4 Å². The molecule has 0 spiro atoms. The van der Waals surface area contributed by atoms with E-state index in [4.69, 9.17) is 0 Å². The van der Waals surface area contributed by atoms with E-state index in [1.54, 1.807) is 6.21 Å². The highest BCUT2D eigenvalue weighted by Crippen LogP contribution is 2.14. The van der Waals surface area contributed by atoms with Gasteiger partial charge in [-0.05, 0) is 42.0 Å². The molecular weight excluding hydrogens is 344 g/mol. The number of halogens is 2. The summed E-state index contributed by atoms with van der Waals surface area (Å²) < 4.78 is 2.12. The minimum atomic E-state index is 0.960. The van der Waals surface area contributed by atoms with Crippen molar-refractivity contribution in [3.05, 3.63) is 63.0 Å². The van der Waals surface area contributed by atoms with E-state index in [-0.39, 0.29) is 0 Å². The maximum atomic E-state index is 4.17. The van der Waals surface area contributed by atoms with Gasteiger partial charge in [0.05, 0.1) is 11.9 Å². The molecule has 0 fully saturated rings. The van der Waals surface area contributed by atoms with E-state index >= 15 is 0 Å². The molecule has 0 atom stereocenters. The topological polar surface area (TPSA) is 24.4 Å². The normalized spacial score (nSPS) is 10.7. The molecule has 0 bridgehead atoms. The van der Waals surface area contributed by atoms with Gasteiger partial charge in [0.2, 0.25) is 0 Å². The number of hydrogen-bond acceptors (Lipinski definition) is 2. The van der Waals surface area contributed by atoms with Crippen LogP contribution >= 0.6 is 31.9 Å². The molecule has 2 nitrogen and oxygen atoms in total. The van der Waals surface area contributed by atoms with Crippen LogP contribution in [0.25, 0.3) is 0 Å². The van der Waals surface area contributed by atoms with Crippen LogP contribution in [-0.2, 0) is 0 Å². The third kappa shape index (κ3) is 3.98. The lowest BCUT2D eigenvalue weighted by Crippen LogP contribution is -1.89. The van der Waals surface area contributed by atoms with Crippen LogP contribution in [0.15, 0.2) is 62.6 Å². The second-order valence-corrected chi connectivity index (χ2v) is 5.26. The molecule has 0 aliphatic rings. The Morgan fingerprint density at radius 2 is 1.35 bits per heavy atom. The van der Waals surface area contributed by atoms with E-state index in [0.29, 0.717) is 0 Å². The van der Waals surface area contributed by atoms with Gasteiger partial charge in [-0.3, -0.25) is 5.43 Å². The summed E-state index contributed by atoms with van der Waals surface area (Å²) in [6.45, 7) is 0. The number of nitrogens with one attached hydrogen (secondary N) is 1. The highest BCUT2D eigenvalue weighted by molar-refractivity contribution is 9.10. The van der Waals surface area contributed by atoms with Crippen LogP contribution in [0.5, 0.6) is 0 Å². The highest BCUT2D eigenvalue weighted by Gasteiger charge is 1.90. The van der Waals surface area contributed by atoms with Crippen molar-refractivity contribution >= 4 is 43.8 Å². The van der Waals surface area contributed by atoms with E-state index in [1.165, 1.54) is 0 Å². The van der Waals surface area contributed by atoms with Crippen molar-refractivity contribution in [3.63, 3.8) is 0 Å². The van der Waals surface area contributed by atoms with E-state index < -0.39 is 0 Å². The molecule has 0 amide bonds. The number of nitrogens with zero attached hydrogens (tertiary/aromatic N) is 1. The van der Waals surface area contributed by atoms with Gasteiger partial charge in [0.15, 0.2) is 0 Å². The summed E-state index contributed by atoms with van der Waals surface area (Å²) >= 11 is 6.78. The molecule has 0 aromatic heterocycles. The Hall–Kier alpha value is -1.13. The molecule has 17 heavy (non-hydrogen) atoms. The summed E-state index contributed by atoms with van der Waals surface area (Å²) in [4.78, 5) is 0. The first-order chi connectivity index (χ1) is 8.24. The summed E-state index contributed by atoms with van der Waals surface area (Å²) in [7, 11) is 0. The molecule has 2 aromatic rings. The van der Waals surface area contributed by atoms with Gasteiger partial charge in [0.1, 0.15) is 0 Å². The second-order valence-electron chi connectivity index (χ2n) is 3.43. The van der Waals surface area contributed by atoms with Crippen molar-refractivity contribution in [1.29, 1.82) is 0 Å². The molecule has 0 aliphatic carbocycles. The average molecular weight is 354 g/mol. The van der Waals surface area contributed by atoms with Crippen molar-refractivity contribution in [2.45, 2.75) is 0 Å². The molecule has 86 valence electrons. The second kappa shape index (κ2) is 5.98. The fraction of sp³-hybridized carbons (Fsp3) is 0. The third-order valence-electron chi connectivity index (χ3n) is 2.12. The standard InChI is InChI=1S/C13H10Br2N2/c14-11-3-1-10(2-4-11)9-16-17-13-7-5-12(15)6-8-13/h1-9,17H/b16-9+. The number of anilines is 1. The maximum absolute atomic E-state index is 4.17. The van der Waals surface area contributed by atoms with Crippen LogP contribution < -0.4 is 5.43 Å². The van der Waals surface area contributed by atoms with Crippen molar-refractivity contribution in [1.82, 2.24) is 0 Å². The lowest BCUT2D eigenvalue weighted by atomic mass is 10.2. The Morgan fingerprint density at radius 3 is 1.94 bits per heavy atom. The third-order valence-corrected chi connectivity index (χ3v) is 3.18. The average Bonchev–Trinajstić information content (AvgIpc) is 2.34. The lowest BCUT2D eigenvalue weighted by molar-refractivity contribution is 1.35. The molecule has 0 saturated carbocycles. The van der Waals surface area contributed by atoms with E-state index in [0.717, 1.165) is 20.2 Å². The van der Waals surface area contributed by atoms with Crippen LogP contribution in [0.4, 0.5) is 5.69 Å². The van der Waals surface area contributed by atoms with Crippen molar-refractivity contribution in [3.8, 4) is 0 Å². The Morgan fingerprint density at radius 1 is 0.824 bits per heavy atom. The molecule has 0 unspecified atom stereocenters. The van der Waals surface area contributed by atoms with Crippen LogP contribution in [0, 0.1) is 0 Å². The monoisotopic (exact) mass is 352 g/mol. The highest BCUT2D eigenvalue weighted by atomic mass is 79.9. The number of hydrogen-bond donors (Lipinski definition) is 1. The smallest absolute Gasteiger partial charge is 0.0562 e. The van der Waals surface area contributed by atoms with Gasteiger partial charge in [-0.15, -0.1) is 0 Å². The zero-order valence-corrected chi connectivity index (χ0v) is 12.1. The predicted octanol–water partition coefficient (Wildman–Crippen LogP) is 4.66. The Labute approximate surface area is 117 Å². The molecule has 4 heteroatoms. The summed E-state index contributed by atoms with van der Waals surface area (Å²) in [6.07, 6.45) is 1.79. The van der Waals surface area contributed by atoms with Gasteiger partial charge in [-0.1, -0.05) is 44.0 Å². The summed E-state index contributed by atoms with van der Waals surface area (Å²) in [5, 5.41) is 4.17. The van der Waals surface area contributed by atoms with Crippen LogP contribution in [0.1, 0.15) is 5.56 Å². The molecule has 0 aliphatic heterocycles. The quantitative estimate of drug-likeness (QED) is 0.630. The fourth-order valence-corrected chi connectivity index (χ4v) is 1.78. The van der Waals surface area contributed by atoms with Crippen LogP contribution in [0.3, 0.4) is 0 Å². The van der Waals surface area contributed by atoms with Gasteiger partial charge in [-0.25, -0.2) is 0 Å². The number of benzene rings is 2. The first kappa shape index (κ1) is 12.3. The van der Waals surface area contributed by atoms with Crippen molar-refractivity contribution < 1.29 is 0 Å². The van der Waals surface area contributed by atoms with E-state index in [9.17, 15) is 0 Å². The van der Waals surface area contributed by atoms with Gasteiger partial charge < -0.3 is 0 Å². The molecule has 0 heterocycles. The Kier molecular flexibility index (Phi) is 4.34. The largest absolute Gasteiger partial charge is 0.279 e. The Bertz CT molecular complexity index is 504. The zero-order chi connectivity index (χ0) is 12.1. The summed E-state index contributed by atoms with van der Waals surface area (Å²) in [5.74, 6) is 0. The molecule has 2 aromatic carbocycles. The predicted molar refractivity (Wildman–Crippen MR) is 79.5 cm³/mol. The zero-order valence-electron chi connectivity index (χ0n) is 8.90.